The van der Waals surface area contributed by atoms with Gasteiger partial charge in [-0.15, -0.1) is 0 Å². The lowest BCUT2D eigenvalue weighted by Gasteiger charge is -2.24. The van der Waals surface area contributed by atoms with E-state index >= 15 is 0 Å². The maximum absolute atomic E-state index is 3.68. The second-order valence-electron chi connectivity index (χ2n) is 5.72. The maximum Gasteiger partial charge on any atom is 0.0367 e. The quantitative estimate of drug-likeness (QED) is 0.863. The van der Waals surface area contributed by atoms with E-state index < -0.39 is 0 Å². The number of anilines is 2. The third-order valence-electron chi connectivity index (χ3n) is 4.31. The van der Waals surface area contributed by atoms with E-state index in [0.717, 1.165) is 0 Å². The zero-order valence-electron chi connectivity index (χ0n) is 11.2. The van der Waals surface area contributed by atoms with Gasteiger partial charge in [0.2, 0.25) is 0 Å². The van der Waals surface area contributed by atoms with Crippen LogP contribution in [0.25, 0.3) is 0 Å². The lowest BCUT2D eigenvalue weighted by Crippen LogP contribution is -2.22. The average Bonchev–Trinajstić information content (AvgIpc) is 2.95. The first-order valence-corrected chi connectivity index (χ1v) is 7.53. The molecular weight excluding hydrogens is 220 g/mol. The molecule has 0 bridgehead atoms. The normalized spacial score (nSPS) is 21.2. The summed E-state index contributed by atoms with van der Waals surface area (Å²) in [5.74, 6) is 0. The third-order valence-corrected chi connectivity index (χ3v) is 4.31. The Morgan fingerprint density at radius 3 is 2.17 bits per heavy atom. The number of rotatable bonds is 3. The molecule has 1 aromatic rings. The number of hydrogen-bond donors (Lipinski definition) is 1. The molecule has 18 heavy (non-hydrogen) atoms. The molecule has 0 unspecified atom stereocenters. The van der Waals surface area contributed by atoms with Crippen molar-refractivity contribution in [3.63, 3.8) is 0 Å². The molecule has 0 radical (unpaired) electrons. The summed E-state index contributed by atoms with van der Waals surface area (Å²) in [5, 5.41) is 3.68. The van der Waals surface area contributed by atoms with Crippen LogP contribution in [0.2, 0.25) is 0 Å². The Morgan fingerprint density at radius 2 is 1.50 bits per heavy atom. The zero-order valence-corrected chi connectivity index (χ0v) is 11.2. The lowest BCUT2D eigenvalue weighted by atomic mass is 9.95. The minimum absolute atomic E-state index is 0.705. The fourth-order valence-electron chi connectivity index (χ4n) is 3.23. The molecule has 0 amide bonds. The summed E-state index contributed by atoms with van der Waals surface area (Å²) in [6, 6.07) is 9.76. The molecule has 3 rings (SSSR count). The second kappa shape index (κ2) is 5.64. The number of benzene rings is 1. The van der Waals surface area contributed by atoms with Gasteiger partial charge < -0.3 is 10.2 Å². The van der Waals surface area contributed by atoms with Crippen LogP contribution < -0.4 is 10.2 Å². The predicted octanol–water partition coefficient (Wildman–Crippen LogP) is 4.03. The third kappa shape index (κ3) is 2.80. The van der Waals surface area contributed by atoms with Crippen LogP contribution >= 0.6 is 0 Å². The van der Waals surface area contributed by atoms with Crippen molar-refractivity contribution >= 4 is 11.4 Å². The summed E-state index contributed by atoms with van der Waals surface area (Å²) in [4.78, 5) is 2.49. The maximum atomic E-state index is 3.68. The van der Waals surface area contributed by atoms with Crippen molar-refractivity contribution in [2.75, 3.05) is 23.3 Å². The van der Waals surface area contributed by atoms with Crippen LogP contribution in [-0.2, 0) is 0 Å². The standard InChI is InChI=1S/C16H24N2/c1-2-6-14(7-3-1)17-15-8-10-16(11-9-15)18-12-4-5-13-18/h8-11,14,17H,1-7,12-13H2. The van der Waals surface area contributed by atoms with Gasteiger partial charge in [0.15, 0.2) is 0 Å². The molecule has 1 saturated carbocycles. The molecule has 0 aromatic heterocycles. The van der Waals surface area contributed by atoms with Crippen LogP contribution in [0.3, 0.4) is 0 Å². The van der Waals surface area contributed by atoms with E-state index in [1.54, 1.807) is 0 Å². The van der Waals surface area contributed by atoms with Gasteiger partial charge in [0.1, 0.15) is 0 Å². The lowest BCUT2D eigenvalue weighted by molar-refractivity contribution is 0.463. The van der Waals surface area contributed by atoms with Crippen molar-refractivity contribution in [1.82, 2.24) is 0 Å². The van der Waals surface area contributed by atoms with Crippen molar-refractivity contribution in [1.29, 1.82) is 0 Å². The van der Waals surface area contributed by atoms with E-state index in [1.807, 2.05) is 0 Å². The fraction of sp³-hybridized carbons (Fsp3) is 0.625. The van der Waals surface area contributed by atoms with Gasteiger partial charge in [-0.1, -0.05) is 19.3 Å². The smallest absolute Gasteiger partial charge is 0.0367 e. The van der Waals surface area contributed by atoms with Gasteiger partial charge >= 0.3 is 0 Å². The van der Waals surface area contributed by atoms with Crippen LogP contribution in [-0.4, -0.2) is 19.1 Å². The van der Waals surface area contributed by atoms with Gasteiger partial charge in [0.05, 0.1) is 0 Å². The molecule has 1 saturated heterocycles. The Labute approximate surface area is 110 Å². The first kappa shape index (κ1) is 11.9. The van der Waals surface area contributed by atoms with E-state index in [1.165, 1.54) is 69.4 Å². The van der Waals surface area contributed by atoms with Gasteiger partial charge in [-0.3, -0.25) is 0 Å². The number of nitrogens with one attached hydrogen (secondary N) is 1. The summed E-state index contributed by atoms with van der Waals surface area (Å²) < 4.78 is 0. The summed E-state index contributed by atoms with van der Waals surface area (Å²) >= 11 is 0. The average molecular weight is 244 g/mol. The SMILES string of the molecule is c1cc(N2CCCC2)ccc1NC1CCCCC1. The van der Waals surface area contributed by atoms with Crippen molar-refractivity contribution in [2.45, 2.75) is 51.0 Å². The summed E-state index contributed by atoms with van der Waals surface area (Å²) in [6.07, 6.45) is 9.59. The Bertz CT molecular complexity index is 359. The van der Waals surface area contributed by atoms with Gasteiger partial charge in [0.25, 0.3) is 0 Å². The Morgan fingerprint density at radius 1 is 0.833 bits per heavy atom. The van der Waals surface area contributed by atoms with Crippen LogP contribution in [0.15, 0.2) is 24.3 Å². The molecule has 98 valence electrons. The largest absolute Gasteiger partial charge is 0.382 e. The molecule has 2 aliphatic rings. The Hall–Kier alpha value is -1.18. The minimum Gasteiger partial charge on any atom is -0.382 e. The molecule has 1 aliphatic heterocycles. The molecule has 2 fully saturated rings. The fourth-order valence-corrected chi connectivity index (χ4v) is 3.23. The number of hydrogen-bond acceptors (Lipinski definition) is 2. The van der Waals surface area contributed by atoms with Crippen LogP contribution in [0.5, 0.6) is 0 Å². The van der Waals surface area contributed by atoms with E-state index in [4.69, 9.17) is 0 Å². The monoisotopic (exact) mass is 244 g/mol. The number of nitrogens with zero attached hydrogens (tertiary/aromatic N) is 1. The molecule has 2 heteroatoms. The van der Waals surface area contributed by atoms with Crippen molar-refractivity contribution in [2.24, 2.45) is 0 Å². The molecule has 0 atom stereocenters. The Kier molecular flexibility index (Phi) is 3.72. The first-order valence-electron chi connectivity index (χ1n) is 7.53. The highest BCUT2D eigenvalue weighted by molar-refractivity contribution is 5.55. The van der Waals surface area contributed by atoms with E-state index in [2.05, 4.69) is 34.5 Å². The first-order chi connectivity index (χ1) is 8.92. The summed E-state index contributed by atoms with van der Waals surface area (Å²) in [5.41, 5.74) is 2.69. The molecule has 1 N–H and O–H groups in total. The zero-order chi connectivity index (χ0) is 12.2. The highest BCUT2D eigenvalue weighted by Crippen LogP contribution is 2.25. The highest BCUT2D eigenvalue weighted by Gasteiger charge is 2.14. The molecular formula is C16H24N2. The predicted molar refractivity (Wildman–Crippen MR) is 78.4 cm³/mol. The minimum atomic E-state index is 0.705. The van der Waals surface area contributed by atoms with E-state index in [9.17, 15) is 0 Å². The molecule has 0 spiro atoms. The van der Waals surface area contributed by atoms with Crippen molar-refractivity contribution in [3.8, 4) is 0 Å². The Balaban J connectivity index is 1.59. The molecule has 1 heterocycles. The van der Waals surface area contributed by atoms with Gasteiger partial charge in [-0.05, 0) is 49.9 Å². The topological polar surface area (TPSA) is 15.3 Å². The van der Waals surface area contributed by atoms with Gasteiger partial charge in [-0.25, -0.2) is 0 Å². The summed E-state index contributed by atoms with van der Waals surface area (Å²) in [7, 11) is 0. The van der Waals surface area contributed by atoms with Crippen molar-refractivity contribution in [3.05, 3.63) is 24.3 Å². The van der Waals surface area contributed by atoms with Gasteiger partial charge in [0, 0.05) is 30.5 Å². The van der Waals surface area contributed by atoms with E-state index in [0.29, 0.717) is 6.04 Å². The van der Waals surface area contributed by atoms with Crippen LogP contribution in [0.4, 0.5) is 11.4 Å². The summed E-state index contributed by atoms with van der Waals surface area (Å²) in [6.45, 7) is 2.46. The molecule has 1 aromatic carbocycles. The van der Waals surface area contributed by atoms with Crippen LogP contribution in [0, 0.1) is 0 Å². The van der Waals surface area contributed by atoms with Gasteiger partial charge in [-0.2, -0.15) is 0 Å². The van der Waals surface area contributed by atoms with Crippen LogP contribution in [0.1, 0.15) is 44.9 Å². The second-order valence-corrected chi connectivity index (χ2v) is 5.72. The van der Waals surface area contributed by atoms with Crippen molar-refractivity contribution < 1.29 is 0 Å². The van der Waals surface area contributed by atoms with E-state index in [-0.39, 0.29) is 0 Å². The molecule has 2 nitrogen and oxygen atoms in total. The highest BCUT2D eigenvalue weighted by atomic mass is 15.1. The molecule has 1 aliphatic carbocycles.